The number of fused-ring (bicyclic) bond motifs is 4. The summed E-state index contributed by atoms with van der Waals surface area (Å²) in [6.45, 7) is 2.42. The molecule has 2 bridgehead atoms. The van der Waals surface area contributed by atoms with Crippen molar-refractivity contribution >= 4 is 6.03 Å². The highest BCUT2D eigenvalue weighted by atomic mass is 16.5. The molecule has 0 unspecified atom stereocenters. The third kappa shape index (κ3) is 3.44. The second-order valence-corrected chi connectivity index (χ2v) is 7.45. The van der Waals surface area contributed by atoms with Gasteiger partial charge in [0.15, 0.2) is 11.5 Å². The van der Waals surface area contributed by atoms with E-state index in [0.29, 0.717) is 43.6 Å². The van der Waals surface area contributed by atoms with Crippen LogP contribution in [-0.4, -0.2) is 42.8 Å². The number of methoxy groups -OCH3 is 2. The van der Waals surface area contributed by atoms with E-state index in [2.05, 4.69) is 5.32 Å². The molecule has 1 aromatic carbocycles. The number of hydrogen-bond donors (Lipinski definition) is 1. The topological polar surface area (TPSA) is 72.8 Å². The highest BCUT2D eigenvalue weighted by Crippen LogP contribution is 2.35. The van der Waals surface area contributed by atoms with Crippen molar-refractivity contribution in [2.45, 2.75) is 25.4 Å². The van der Waals surface area contributed by atoms with E-state index >= 15 is 0 Å². The molecule has 0 radical (unpaired) electrons. The smallest absolute Gasteiger partial charge is 0.317 e. The second kappa shape index (κ2) is 7.58. The maximum atomic E-state index is 12.7. The molecule has 1 aromatic heterocycles. The molecule has 7 heteroatoms. The maximum absolute atomic E-state index is 12.7. The van der Waals surface area contributed by atoms with Crippen molar-refractivity contribution in [2.24, 2.45) is 5.92 Å². The van der Waals surface area contributed by atoms with Crippen LogP contribution in [0.4, 0.5) is 4.79 Å². The molecule has 2 amide bonds. The Labute approximate surface area is 163 Å². The number of piperidine rings is 1. The lowest BCUT2D eigenvalue weighted by Crippen LogP contribution is -2.51. The number of rotatable bonds is 4. The lowest BCUT2D eigenvalue weighted by molar-refractivity contribution is 0.131. The van der Waals surface area contributed by atoms with Crippen LogP contribution >= 0.6 is 0 Å². The van der Waals surface area contributed by atoms with Gasteiger partial charge in [0.25, 0.3) is 5.56 Å². The predicted molar refractivity (Wildman–Crippen MR) is 105 cm³/mol. The minimum atomic E-state index is -0.0730. The van der Waals surface area contributed by atoms with Gasteiger partial charge in [-0.15, -0.1) is 0 Å². The zero-order valence-corrected chi connectivity index (χ0v) is 16.2. The average Bonchev–Trinajstić information content (AvgIpc) is 2.72. The van der Waals surface area contributed by atoms with E-state index in [4.69, 9.17) is 9.47 Å². The highest BCUT2D eigenvalue weighted by molar-refractivity contribution is 5.74. The van der Waals surface area contributed by atoms with Crippen LogP contribution < -0.4 is 20.3 Å². The zero-order chi connectivity index (χ0) is 19.7. The standard InChI is InChI=1S/C21H25N3O4/c1-27-18-7-6-14(9-19(18)28-2)10-22-21(26)23-11-15-8-16(13-23)17-4-3-5-20(25)24(17)12-15/h3-7,9,15-16H,8,10-13H2,1-2H3,(H,22,26)/t15-,16+/m1/s1. The Morgan fingerprint density at radius 3 is 2.71 bits per heavy atom. The molecular formula is C21H25N3O4. The first-order valence-electron chi connectivity index (χ1n) is 9.52. The molecule has 4 rings (SSSR count). The van der Waals surface area contributed by atoms with Crippen LogP contribution in [-0.2, 0) is 13.1 Å². The first-order valence-corrected chi connectivity index (χ1v) is 9.52. The summed E-state index contributed by atoms with van der Waals surface area (Å²) >= 11 is 0. The summed E-state index contributed by atoms with van der Waals surface area (Å²) in [5.41, 5.74) is 2.04. The number of nitrogens with zero attached hydrogens (tertiary/aromatic N) is 2. The highest BCUT2D eigenvalue weighted by Gasteiger charge is 2.36. The molecule has 148 valence electrons. The second-order valence-electron chi connectivity index (χ2n) is 7.45. The van der Waals surface area contributed by atoms with Crippen LogP contribution in [0.3, 0.4) is 0 Å². The van der Waals surface area contributed by atoms with E-state index in [1.807, 2.05) is 39.8 Å². The Hall–Kier alpha value is -2.96. The third-order valence-corrected chi connectivity index (χ3v) is 5.66. The van der Waals surface area contributed by atoms with Gasteiger partial charge in [0.05, 0.1) is 14.2 Å². The van der Waals surface area contributed by atoms with E-state index in [9.17, 15) is 9.59 Å². The van der Waals surface area contributed by atoms with E-state index in [1.54, 1.807) is 20.3 Å². The summed E-state index contributed by atoms with van der Waals surface area (Å²) in [5.74, 6) is 1.84. The van der Waals surface area contributed by atoms with Crippen molar-refractivity contribution in [1.29, 1.82) is 0 Å². The van der Waals surface area contributed by atoms with Crippen LogP contribution in [0, 0.1) is 5.92 Å². The Bertz CT molecular complexity index is 939. The van der Waals surface area contributed by atoms with Crippen LogP contribution in [0.5, 0.6) is 11.5 Å². The SMILES string of the molecule is COc1ccc(CNC(=O)N2C[C@H]3C[C@@H](C2)c2cccc(=O)n2C3)cc1OC. The van der Waals surface area contributed by atoms with E-state index in [-0.39, 0.29) is 17.5 Å². The van der Waals surface area contributed by atoms with Crippen molar-refractivity contribution in [3.05, 3.63) is 58.0 Å². The first-order chi connectivity index (χ1) is 13.6. The molecule has 7 nitrogen and oxygen atoms in total. The molecule has 0 saturated carbocycles. The number of carbonyl (C=O) groups is 1. The van der Waals surface area contributed by atoms with Gasteiger partial charge in [-0.05, 0) is 36.1 Å². The lowest BCUT2D eigenvalue weighted by Gasteiger charge is -2.42. The number of likely N-dealkylation sites (tertiary alicyclic amines) is 1. The third-order valence-electron chi connectivity index (χ3n) is 5.66. The van der Waals surface area contributed by atoms with Crippen LogP contribution in [0.2, 0.25) is 0 Å². The molecule has 2 aliphatic heterocycles. The van der Waals surface area contributed by atoms with Gasteiger partial charge in [0.2, 0.25) is 0 Å². The number of amides is 2. The number of ether oxygens (including phenoxy) is 2. The van der Waals surface area contributed by atoms with Crippen molar-refractivity contribution in [1.82, 2.24) is 14.8 Å². The van der Waals surface area contributed by atoms with E-state index in [1.165, 1.54) is 0 Å². The molecule has 1 fully saturated rings. The molecule has 2 atom stereocenters. The summed E-state index contributed by atoms with van der Waals surface area (Å²) in [5, 5.41) is 3.00. The monoisotopic (exact) mass is 383 g/mol. The normalized spacial score (nSPS) is 20.3. The van der Waals surface area contributed by atoms with Gasteiger partial charge < -0.3 is 24.3 Å². The van der Waals surface area contributed by atoms with Gasteiger partial charge >= 0.3 is 6.03 Å². The van der Waals surface area contributed by atoms with Gasteiger partial charge in [0.1, 0.15) is 0 Å². The molecule has 3 heterocycles. The van der Waals surface area contributed by atoms with Gasteiger partial charge in [-0.3, -0.25) is 4.79 Å². The average molecular weight is 383 g/mol. The molecule has 2 aliphatic rings. The molecule has 0 aliphatic carbocycles. The van der Waals surface area contributed by atoms with Gasteiger partial charge in [-0.1, -0.05) is 12.1 Å². The van der Waals surface area contributed by atoms with Crippen molar-refractivity contribution < 1.29 is 14.3 Å². The Kier molecular flexibility index (Phi) is 4.98. The molecule has 28 heavy (non-hydrogen) atoms. The number of urea groups is 1. The van der Waals surface area contributed by atoms with Crippen LogP contribution in [0.25, 0.3) is 0 Å². The zero-order valence-electron chi connectivity index (χ0n) is 16.2. The van der Waals surface area contributed by atoms with E-state index < -0.39 is 0 Å². The first kappa shape index (κ1) is 18.4. The summed E-state index contributed by atoms with van der Waals surface area (Å²) in [4.78, 5) is 26.7. The number of carbonyl (C=O) groups excluding carboxylic acids is 1. The van der Waals surface area contributed by atoms with Crippen LogP contribution in [0.15, 0.2) is 41.2 Å². The summed E-state index contributed by atoms with van der Waals surface area (Å²) in [6.07, 6.45) is 1.03. The molecule has 1 N–H and O–H groups in total. The lowest BCUT2D eigenvalue weighted by atomic mass is 9.83. The number of aromatic nitrogens is 1. The number of benzene rings is 1. The maximum Gasteiger partial charge on any atom is 0.317 e. The van der Waals surface area contributed by atoms with Crippen molar-refractivity contribution in [3.63, 3.8) is 0 Å². The van der Waals surface area contributed by atoms with Crippen molar-refractivity contribution in [2.75, 3.05) is 27.3 Å². The number of pyridine rings is 1. The van der Waals surface area contributed by atoms with Gasteiger partial charge in [-0.25, -0.2) is 4.79 Å². The van der Waals surface area contributed by atoms with Crippen LogP contribution in [0.1, 0.15) is 23.6 Å². The van der Waals surface area contributed by atoms with Gasteiger partial charge in [-0.2, -0.15) is 0 Å². The fourth-order valence-electron chi connectivity index (χ4n) is 4.34. The summed E-state index contributed by atoms with van der Waals surface area (Å²) < 4.78 is 12.4. The van der Waals surface area contributed by atoms with E-state index in [0.717, 1.165) is 17.7 Å². The molecule has 0 spiro atoms. The number of nitrogens with one attached hydrogen (secondary N) is 1. The Balaban J connectivity index is 1.42. The predicted octanol–water partition coefficient (Wildman–Crippen LogP) is 2.19. The molecular weight excluding hydrogens is 358 g/mol. The fraction of sp³-hybridized carbons (Fsp3) is 0.429. The molecule has 2 aromatic rings. The van der Waals surface area contributed by atoms with Gasteiger partial charge in [0, 0.05) is 43.9 Å². The fourth-order valence-corrected chi connectivity index (χ4v) is 4.34. The van der Waals surface area contributed by atoms with Crippen molar-refractivity contribution in [3.8, 4) is 11.5 Å². The molecule has 1 saturated heterocycles. The Morgan fingerprint density at radius 2 is 1.93 bits per heavy atom. The summed E-state index contributed by atoms with van der Waals surface area (Å²) in [6, 6.07) is 11.0. The number of hydrogen-bond acceptors (Lipinski definition) is 4. The quantitative estimate of drug-likeness (QED) is 0.879. The minimum absolute atomic E-state index is 0.0542. The summed E-state index contributed by atoms with van der Waals surface area (Å²) in [7, 11) is 3.19. The minimum Gasteiger partial charge on any atom is -0.493 e. The largest absolute Gasteiger partial charge is 0.493 e. The Morgan fingerprint density at radius 1 is 1.11 bits per heavy atom.